The summed E-state index contributed by atoms with van der Waals surface area (Å²) in [6, 6.07) is 0. The first kappa shape index (κ1) is 24.0. The largest absolute Gasteiger partial charge is 0.505 e. The summed E-state index contributed by atoms with van der Waals surface area (Å²) in [6.07, 6.45) is 2.49. The van der Waals surface area contributed by atoms with E-state index in [1.165, 1.54) is 6.26 Å². The Labute approximate surface area is 134 Å². The van der Waals surface area contributed by atoms with E-state index in [0.29, 0.717) is 12.2 Å². The summed E-state index contributed by atoms with van der Waals surface area (Å²) in [5.41, 5.74) is 0. The maximum atomic E-state index is 9.55. The second-order valence-corrected chi connectivity index (χ2v) is 1.41. The minimum absolute atomic E-state index is 0. The number of carboxylic acids is 2. The molecule has 3 radical (unpaired) electrons. The number of hydrogen-bond donors (Lipinski definition) is 2. The van der Waals surface area contributed by atoms with E-state index in [0.717, 1.165) is 0 Å². The molecule has 0 spiro atoms. The van der Waals surface area contributed by atoms with Crippen molar-refractivity contribution < 1.29 is 24.5 Å². The molecule has 0 aliphatic heterocycles. The monoisotopic (exact) mass is 237 g/mol. The summed E-state index contributed by atoms with van der Waals surface area (Å²) in [6.45, 7) is 3.26. The van der Waals surface area contributed by atoms with Gasteiger partial charge in [0.25, 0.3) is 0 Å². The Morgan fingerprint density at radius 1 is 1.21 bits per heavy atom. The smallest absolute Gasteiger partial charge is 0.328 e. The predicted molar refractivity (Wildman–Crippen MR) is 53.1 cm³/mol. The fourth-order valence-corrected chi connectivity index (χ4v) is 0.143. The summed E-state index contributed by atoms with van der Waals surface area (Å²) < 4.78 is 4.31. The molecule has 0 bridgehead atoms. The van der Waals surface area contributed by atoms with Gasteiger partial charge in [-0.1, -0.05) is 6.58 Å². The molecule has 0 saturated heterocycles. The zero-order valence-electron chi connectivity index (χ0n) is 8.27. The fraction of sp³-hybridized carbons (Fsp3) is 0.143. The molecule has 14 heavy (non-hydrogen) atoms. The summed E-state index contributed by atoms with van der Waals surface area (Å²) in [5, 5.41) is 15.6. The van der Waals surface area contributed by atoms with Crippen molar-refractivity contribution >= 4 is 79.2 Å². The van der Waals surface area contributed by atoms with Gasteiger partial charge in [0, 0.05) is 79.4 Å². The standard InChI is InChI=1S/C4H4O4.C3H6O.Ca.Na/c5-3(6)1-2-4(7)8;1-3-4-2;;/h1-2H,(H,5,6)(H,7,8);3H,1H2,2H3;;/b2-1-;;;. The van der Waals surface area contributed by atoms with E-state index < -0.39 is 11.9 Å². The Bertz CT molecular complexity index is 177. The van der Waals surface area contributed by atoms with Crippen LogP contribution < -0.4 is 0 Å². The first-order valence-corrected chi connectivity index (χ1v) is 2.82. The molecular formula is C7H10CaNaO5. The molecule has 0 fully saturated rings. The Hall–Kier alpha value is 0.480. The maximum absolute atomic E-state index is 9.55. The molecule has 0 aromatic rings. The molecule has 5 nitrogen and oxygen atoms in total. The number of carbonyl (C=O) groups is 2. The van der Waals surface area contributed by atoms with Crippen molar-refractivity contribution in [2.45, 2.75) is 0 Å². The van der Waals surface area contributed by atoms with Crippen molar-refractivity contribution in [3.8, 4) is 0 Å². The molecule has 0 aliphatic carbocycles. The molecule has 0 aromatic heterocycles. The minimum Gasteiger partial charge on any atom is -0.505 e. The fourth-order valence-electron chi connectivity index (χ4n) is 0.143. The molecule has 0 heterocycles. The average molecular weight is 237 g/mol. The predicted octanol–water partition coefficient (Wildman–Crippen LogP) is -0.273. The third kappa shape index (κ3) is 39.2. The number of methoxy groups -OCH3 is 1. The topological polar surface area (TPSA) is 83.8 Å². The van der Waals surface area contributed by atoms with Gasteiger partial charge in [-0.2, -0.15) is 0 Å². The number of rotatable bonds is 3. The summed E-state index contributed by atoms with van der Waals surface area (Å²) in [5.74, 6) is -2.51. The first-order valence-electron chi connectivity index (χ1n) is 2.82. The molecule has 7 heteroatoms. The van der Waals surface area contributed by atoms with Crippen LogP contribution in [0, 0.1) is 0 Å². The van der Waals surface area contributed by atoms with E-state index in [2.05, 4.69) is 11.3 Å². The van der Waals surface area contributed by atoms with Gasteiger partial charge in [-0.15, -0.1) is 0 Å². The average Bonchev–Trinajstić information content (AvgIpc) is 2.01. The Kier molecular flexibility index (Phi) is 32.7. The van der Waals surface area contributed by atoms with E-state index in [9.17, 15) is 9.59 Å². The molecule has 0 amide bonds. The van der Waals surface area contributed by atoms with Gasteiger partial charge in [-0.25, -0.2) is 9.59 Å². The van der Waals surface area contributed by atoms with E-state index >= 15 is 0 Å². The van der Waals surface area contributed by atoms with Gasteiger partial charge in [0.05, 0.1) is 13.4 Å². The van der Waals surface area contributed by atoms with Crippen LogP contribution in [0.2, 0.25) is 0 Å². The second-order valence-electron chi connectivity index (χ2n) is 1.41. The van der Waals surface area contributed by atoms with Gasteiger partial charge >= 0.3 is 11.9 Å². The van der Waals surface area contributed by atoms with Gasteiger partial charge in [-0.05, 0) is 0 Å². The molecule has 71 valence electrons. The molecule has 0 aromatic carbocycles. The van der Waals surface area contributed by atoms with Crippen molar-refractivity contribution in [3.05, 3.63) is 25.0 Å². The van der Waals surface area contributed by atoms with Crippen LogP contribution in [0.5, 0.6) is 0 Å². The molecule has 0 aliphatic rings. The van der Waals surface area contributed by atoms with Gasteiger partial charge in [0.1, 0.15) is 0 Å². The third-order valence-corrected chi connectivity index (χ3v) is 0.535. The quantitative estimate of drug-likeness (QED) is 0.401. The Morgan fingerprint density at radius 3 is 1.50 bits per heavy atom. The van der Waals surface area contributed by atoms with Crippen LogP contribution in [-0.4, -0.2) is 96.6 Å². The van der Waals surface area contributed by atoms with Crippen LogP contribution in [0.15, 0.2) is 25.0 Å². The van der Waals surface area contributed by atoms with Crippen molar-refractivity contribution in [2.24, 2.45) is 0 Å². The summed E-state index contributed by atoms with van der Waals surface area (Å²) >= 11 is 0. The number of carboxylic acid groups (broad SMARTS) is 2. The number of ether oxygens (including phenoxy) is 1. The normalized spacial score (nSPS) is 6.93. The second kappa shape index (κ2) is 19.1. The third-order valence-electron chi connectivity index (χ3n) is 0.535. The van der Waals surface area contributed by atoms with Gasteiger partial charge in [-0.3, -0.25) is 0 Å². The molecule has 0 atom stereocenters. The number of aliphatic carboxylic acids is 2. The van der Waals surface area contributed by atoms with Crippen LogP contribution in [0.3, 0.4) is 0 Å². The molecule has 0 rings (SSSR count). The number of hydrogen-bond acceptors (Lipinski definition) is 3. The van der Waals surface area contributed by atoms with E-state index in [1.54, 1.807) is 7.11 Å². The summed E-state index contributed by atoms with van der Waals surface area (Å²) in [4.78, 5) is 19.1. The molecular weight excluding hydrogens is 227 g/mol. The zero-order valence-corrected chi connectivity index (χ0v) is 12.5. The van der Waals surface area contributed by atoms with Gasteiger partial charge < -0.3 is 14.9 Å². The van der Waals surface area contributed by atoms with Crippen LogP contribution in [0.1, 0.15) is 0 Å². The zero-order chi connectivity index (χ0) is 9.98. The summed E-state index contributed by atoms with van der Waals surface area (Å²) in [7, 11) is 1.56. The SMILES string of the molecule is C=COC.O=C(O)/C=C\C(=O)O.[Ca].[Na]. The Morgan fingerprint density at radius 2 is 1.43 bits per heavy atom. The Balaban J connectivity index is -0.0000000733. The van der Waals surface area contributed by atoms with E-state index in [-0.39, 0.29) is 67.3 Å². The van der Waals surface area contributed by atoms with Crippen molar-refractivity contribution in [1.29, 1.82) is 0 Å². The molecule has 0 unspecified atom stereocenters. The van der Waals surface area contributed by atoms with Crippen LogP contribution >= 0.6 is 0 Å². The van der Waals surface area contributed by atoms with Crippen molar-refractivity contribution in [2.75, 3.05) is 7.11 Å². The minimum atomic E-state index is -1.26. The van der Waals surface area contributed by atoms with Crippen LogP contribution in [0.25, 0.3) is 0 Å². The van der Waals surface area contributed by atoms with Crippen LogP contribution in [0.4, 0.5) is 0 Å². The first-order chi connectivity index (χ1) is 5.54. The van der Waals surface area contributed by atoms with Gasteiger partial charge in [0.2, 0.25) is 0 Å². The van der Waals surface area contributed by atoms with Crippen molar-refractivity contribution in [1.82, 2.24) is 0 Å². The van der Waals surface area contributed by atoms with E-state index in [1.807, 2.05) is 0 Å². The maximum Gasteiger partial charge on any atom is 0.328 e. The van der Waals surface area contributed by atoms with E-state index in [4.69, 9.17) is 10.2 Å². The van der Waals surface area contributed by atoms with Crippen molar-refractivity contribution in [3.63, 3.8) is 0 Å². The van der Waals surface area contributed by atoms with Gasteiger partial charge in [0.15, 0.2) is 0 Å². The van der Waals surface area contributed by atoms with Crippen LogP contribution in [-0.2, 0) is 14.3 Å². The molecule has 0 saturated carbocycles. The molecule has 2 N–H and O–H groups in total.